The molecule has 112 valence electrons. The van der Waals surface area contributed by atoms with Gasteiger partial charge in [0.1, 0.15) is 5.75 Å². The summed E-state index contributed by atoms with van der Waals surface area (Å²) in [5, 5.41) is 3.19. The van der Waals surface area contributed by atoms with Crippen LogP contribution < -0.4 is 10.1 Å². The van der Waals surface area contributed by atoms with Crippen molar-refractivity contribution >= 4 is 0 Å². The standard InChI is InChI=1S/C14H18F3NO2/c1-2-18-13(12-8-5-9-19-12)10-6-3-4-7-11(10)20-14(15,16)17/h3-4,6-7,12-13,18H,2,5,8-9H2,1H3. The molecule has 0 saturated carbocycles. The van der Waals surface area contributed by atoms with E-state index in [1.807, 2.05) is 6.92 Å². The quantitative estimate of drug-likeness (QED) is 0.901. The molecule has 1 aliphatic rings. The van der Waals surface area contributed by atoms with E-state index in [9.17, 15) is 13.2 Å². The molecule has 6 heteroatoms. The highest BCUT2D eigenvalue weighted by molar-refractivity contribution is 5.37. The predicted octanol–water partition coefficient (Wildman–Crippen LogP) is 3.41. The Kier molecular flexibility index (Phi) is 4.88. The average molecular weight is 289 g/mol. The Bertz CT molecular complexity index is 431. The summed E-state index contributed by atoms with van der Waals surface area (Å²) in [6.07, 6.45) is -3.05. The monoisotopic (exact) mass is 289 g/mol. The zero-order chi connectivity index (χ0) is 14.6. The van der Waals surface area contributed by atoms with Crippen LogP contribution in [0.4, 0.5) is 13.2 Å². The Morgan fingerprint density at radius 2 is 2.15 bits per heavy atom. The zero-order valence-electron chi connectivity index (χ0n) is 11.2. The molecule has 0 radical (unpaired) electrons. The number of nitrogens with one attached hydrogen (secondary N) is 1. The number of benzene rings is 1. The molecule has 1 aromatic carbocycles. The van der Waals surface area contributed by atoms with Crippen LogP contribution in [0.15, 0.2) is 24.3 Å². The Labute approximate surface area is 116 Å². The smallest absolute Gasteiger partial charge is 0.405 e. The molecule has 1 aliphatic heterocycles. The third kappa shape index (κ3) is 3.86. The van der Waals surface area contributed by atoms with E-state index < -0.39 is 6.36 Å². The lowest BCUT2D eigenvalue weighted by Gasteiger charge is -2.26. The number of hydrogen-bond donors (Lipinski definition) is 1. The minimum Gasteiger partial charge on any atom is -0.405 e. The van der Waals surface area contributed by atoms with E-state index in [0.29, 0.717) is 18.7 Å². The van der Waals surface area contributed by atoms with E-state index in [4.69, 9.17) is 4.74 Å². The van der Waals surface area contributed by atoms with Crippen LogP contribution in [0, 0.1) is 0 Å². The van der Waals surface area contributed by atoms with Crippen molar-refractivity contribution in [3.05, 3.63) is 29.8 Å². The van der Waals surface area contributed by atoms with Gasteiger partial charge in [-0.05, 0) is 25.5 Å². The predicted molar refractivity (Wildman–Crippen MR) is 68.5 cm³/mol. The van der Waals surface area contributed by atoms with Gasteiger partial charge in [-0.2, -0.15) is 0 Å². The highest BCUT2D eigenvalue weighted by Crippen LogP contribution is 2.35. The van der Waals surface area contributed by atoms with Crippen molar-refractivity contribution in [3.63, 3.8) is 0 Å². The van der Waals surface area contributed by atoms with Gasteiger partial charge < -0.3 is 14.8 Å². The summed E-state index contributed by atoms with van der Waals surface area (Å²) in [7, 11) is 0. The van der Waals surface area contributed by atoms with Crippen LogP contribution in [0.25, 0.3) is 0 Å². The van der Waals surface area contributed by atoms with Gasteiger partial charge in [0.2, 0.25) is 0 Å². The van der Waals surface area contributed by atoms with Gasteiger partial charge in [0.25, 0.3) is 0 Å². The number of hydrogen-bond acceptors (Lipinski definition) is 3. The van der Waals surface area contributed by atoms with Crippen LogP contribution >= 0.6 is 0 Å². The minimum atomic E-state index is -4.69. The largest absolute Gasteiger partial charge is 0.573 e. The molecule has 1 fully saturated rings. The lowest BCUT2D eigenvalue weighted by molar-refractivity contribution is -0.275. The first kappa shape index (κ1) is 15.1. The van der Waals surface area contributed by atoms with Gasteiger partial charge in [-0.25, -0.2) is 0 Å². The summed E-state index contributed by atoms with van der Waals surface area (Å²) in [6, 6.07) is 5.93. The molecule has 2 unspecified atom stereocenters. The molecule has 1 N–H and O–H groups in total. The van der Waals surface area contributed by atoms with Crippen LogP contribution in [0.3, 0.4) is 0 Å². The molecular weight excluding hydrogens is 271 g/mol. The van der Waals surface area contributed by atoms with Crippen molar-refractivity contribution in [2.75, 3.05) is 13.2 Å². The maximum Gasteiger partial charge on any atom is 0.573 e. The highest BCUT2D eigenvalue weighted by atomic mass is 19.4. The number of halogens is 3. The van der Waals surface area contributed by atoms with Gasteiger partial charge in [0.05, 0.1) is 12.1 Å². The molecule has 20 heavy (non-hydrogen) atoms. The van der Waals surface area contributed by atoms with Crippen LogP contribution in [0.1, 0.15) is 31.4 Å². The van der Waals surface area contributed by atoms with Crippen molar-refractivity contribution in [1.29, 1.82) is 0 Å². The Morgan fingerprint density at radius 1 is 1.40 bits per heavy atom. The fraction of sp³-hybridized carbons (Fsp3) is 0.571. The summed E-state index contributed by atoms with van der Waals surface area (Å²) < 4.78 is 47.2. The Hall–Kier alpha value is -1.27. The summed E-state index contributed by atoms with van der Waals surface area (Å²) in [5.74, 6) is -0.165. The van der Waals surface area contributed by atoms with Gasteiger partial charge >= 0.3 is 6.36 Å². The normalized spacial score (nSPS) is 20.9. The zero-order valence-corrected chi connectivity index (χ0v) is 11.2. The number of alkyl halides is 3. The number of ether oxygens (including phenoxy) is 2. The fourth-order valence-electron chi connectivity index (χ4n) is 2.48. The van der Waals surface area contributed by atoms with Crippen LogP contribution in [0.5, 0.6) is 5.75 Å². The Balaban J connectivity index is 2.27. The summed E-state index contributed by atoms with van der Waals surface area (Å²) in [4.78, 5) is 0. The maximum absolute atomic E-state index is 12.5. The van der Waals surface area contributed by atoms with Crippen molar-refractivity contribution in [2.45, 2.75) is 38.3 Å². The summed E-state index contributed by atoms with van der Waals surface area (Å²) >= 11 is 0. The second-order valence-corrected chi connectivity index (χ2v) is 4.67. The lowest BCUT2D eigenvalue weighted by atomic mass is 9.98. The molecule has 2 rings (SSSR count). The van der Waals surface area contributed by atoms with E-state index in [1.54, 1.807) is 12.1 Å². The third-order valence-electron chi connectivity index (χ3n) is 3.24. The van der Waals surface area contributed by atoms with Crippen LogP contribution in [-0.4, -0.2) is 25.6 Å². The number of para-hydroxylation sites is 1. The second kappa shape index (κ2) is 6.45. The first-order chi connectivity index (χ1) is 9.51. The molecule has 0 aromatic heterocycles. The molecule has 0 spiro atoms. The molecule has 1 heterocycles. The Morgan fingerprint density at radius 3 is 2.75 bits per heavy atom. The fourth-order valence-corrected chi connectivity index (χ4v) is 2.48. The van der Waals surface area contributed by atoms with E-state index in [-0.39, 0.29) is 17.9 Å². The highest BCUT2D eigenvalue weighted by Gasteiger charge is 2.35. The van der Waals surface area contributed by atoms with Crippen molar-refractivity contribution < 1.29 is 22.6 Å². The van der Waals surface area contributed by atoms with Crippen molar-refractivity contribution in [1.82, 2.24) is 5.32 Å². The average Bonchev–Trinajstić information content (AvgIpc) is 2.89. The topological polar surface area (TPSA) is 30.5 Å². The molecule has 3 nitrogen and oxygen atoms in total. The molecule has 1 saturated heterocycles. The maximum atomic E-state index is 12.5. The number of rotatable bonds is 5. The van der Waals surface area contributed by atoms with Gasteiger partial charge in [-0.1, -0.05) is 25.1 Å². The molecule has 0 amide bonds. The van der Waals surface area contributed by atoms with Crippen molar-refractivity contribution in [3.8, 4) is 5.75 Å². The molecule has 1 aromatic rings. The van der Waals surface area contributed by atoms with E-state index in [0.717, 1.165) is 12.8 Å². The molecule has 0 aliphatic carbocycles. The van der Waals surface area contributed by atoms with Gasteiger partial charge in [-0.3, -0.25) is 0 Å². The van der Waals surface area contributed by atoms with Crippen LogP contribution in [0.2, 0.25) is 0 Å². The first-order valence-electron chi connectivity index (χ1n) is 6.71. The van der Waals surface area contributed by atoms with Crippen molar-refractivity contribution in [2.24, 2.45) is 0 Å². The van der Waals surface area contributed by atoms with E-state index >= 15 is 0 Å². The third-order valence-corrected chi connectivity index (χ3v) is 3.24. The van der Waals surface area contributed by atoms with E-state index in [2.05, 4.69) is 10.1 Å². The summed E-state index contributed by atoms with van der Waals surface area (Å²) in [5.41, 5.74) is 0.485. The van der Waals surface area contributed by atoms with E-state index in [1.165, 1.54) is 12.1 Å². The van der Waals surface area contributed by atoms with Gasteiger partial charge in [0, 0.05) is 12.2 Å². The number of likely N-dealkylation sites (N-methyl/N-ethyl adjacent to an activating group) is 1. The van der Waals surface area contributed by atoms with Gasteiger partial charge in [-0.15, -0.1) is 13.2 Å². The molecule has 2 atom stereocenters. The van der Waals surface area contributed by atoms with Gasteiger partial charge in [0.15, 0.2) is 0 Å². The lowest BCUT2D eigenvalue weighted by Crippen LogP contribution is -2.32. The first-order valence-corrected chi connectivity index (χ1v) is 6.71. The summed E-state index contributed by atoms with van der Waals surface area (Å²) in [6.45, 7) is 3.20. The molecular formula is C14H18F3NO2. The van der Waals surface area contributed by atoms with Crippen LogP contribution in [-0.2, 0) is 4.74 Å². The minimum absolute atomic E-state index is 0.118. The molecule has 0 bridgehead atoms. The second-order valence-electron chi connectivity index (χ2n) is 4.67. The SMILES string of the molecule is CCNC(c1ccccc1OC(F)(F)F)C1CCCO1.